The van der Waals surface area contributed by atoms with Crippen LogP contribution in [0.2, 0.25) is 0 Å². The van der Waals surface area contributed by atoms with E-state index in [2.05, 4.69) is 6.92 Å². The van der Waals surface area contributed by atoms with Crippen LogP contribution in [0.15, 0.2) is 11.6 Å². The number of rotatable bonds is 3. The molecule has 0 aromatic heterocycles. The molecule has 128 valence electrons. The van der Waals surface area contributed by atoms with Gasteiger partial charge in [-0.15, -0.1) is 0 Å². The summed E-state index contributed by atoms with van der Waals surface area (Å²) in [4.78, 5) is 35.8. The molecule has 2 rings (SSSR count). The van der Waals surface area contributed by atoms with E-state index in [9.17, 15) is 14.4 Å². The van der Waals surface area contributed by atoms with Crippen LogP contribution in [-0.2, 0) is 23.9 Å². The molecule has 0 bridgehead atoms. The summed E-state index contributed by atoms with van der Waals surface area (Å²) < 4.78 is 11.3. The van der Waals surface area contributed by atoms with E-state index >= 15 is 0 Å². The Morgan fingerprint density at radius 2 is 1.91 bits per heavy atom. The molecule has 0 amide bonds. The Bertz CT molecular complexity index is 564. The Kier molecular flexibility index (Phi) is 4.69. The first-order chi connectivity index (χ1) is 10.6. The summed E-state index contributed by atoms with van der Waals surface area (Å²) in [6.07, 6.45) is 3.41. The predicted molar refractivity (Wildman–Crippen MR) is 84.6 cm³/mol. The smallest absolute Gasteiger partial charge is 0.333 e. The maximum absolute atomic E-state index is 12.2. The van der Waals surface area contributed by atoms with Crippen molar-refractivity contribution in [3.05, 3.63) is 11.6 Å². The summed E-state index contributed by atoms with van der Waals surface area (Å²) in [5.41, 5.74) is -0.639. The number of Topliss-reactive ketones (excluding diaryl/α,β-unsaturated/α-hetero) is 1. The van der Waals surface area contributed by atoms with Crippen LogP contribution < -0.4 is 0 Å². The third-order valence-electron chi connectivity index (χ3n) is 5.55. The quantitative estimate of drug-likeness (QED) is 0.590. The summed E-state index contributed by atoms with van der Waals surface area (Å²) in [6, 6.07) is 0. The largest absolute Gasteiger partial charge is 0.455 e. The minimum absolute atomic E-state index is 0.121. The van der Waals surface area contributed by atoms with Crippen molar-refractivity contribution in [2.45, 2.75) is 72.0 Å². The van der Waals surface area contributed by atoms with Crippen molar-refractivity contribution in [2.24, 2.45) is 11.3 Å². The van der Waals surface area contributed by atoms with Gasteiger partial charge in [0.25, 0.3) is 0 Å². The van der Waals surface area contributed by atoms with Crippen LogP contribution in [-0.4, -0.2) is 29.4 Å². The minimum atomic E-state index is -0.964. The summed E-state index contributed by atoms with van der Waals surface area (Å²) in [6.45, 7) is 8.69. The van der Waals surface area contributed by atoms with Gasteiger partial charge in [0.2, 0.25) is 0 Å². The number of ketones is 1. The highest BCUT2D eigenvalue weighted by Gasteiger charge is 2.61. The van der Waals surface area contributed by atoms with Crippen LogP contribution in [0, 0.1) is 11.3 Å². The number of carbonyl (C=O) groups is 3. The fourth-order valence-corrected chi connectivity index (χ4v) is 4.21. The van der Waals surface area contributed by atoms with Crippen molar-refractivity contribution in [3.8, 4) is 0 Å². The highest BCUT2D eigenvalue weighted by Crippen LogP contribution is 2.56. The SMILES string of the molecule is C/C=C(/C)C(=O)O[C@H]1CC[C@]2(C)CC(=O)C[C@H]2[C@]1(C)OC(C)=O. The molecule has 0 unspecified atom stereocenters. The maximum Gasteiger partial charge on any atom is 0.333 e. The first kappa shape index (κ1) is 17.7. The van der Waals surface area contributed by atoms with E-state index < -0.39 is 23.6 Å². The van der Waals surface area contributed by atoms with Crippen molar-refractivity contribution in [1.82, 2.24) is 0 Å². The second-order valence-electron chi connectivity index (χ2n) is 7.31. The first-order valence-corrected chi connectivity index (χ1v) is 8.17. The third kappa shape index (κ3) is 3.19. The normalized spacial score (nSPS) is 37.3. The molecular formula is C18H26O5. The molecule has 23 heavy (non-hydrogen) atoms. The van der Waals surface area contributed by atoms with Crippen LogP contribution in [0.4, 0.5) is 0 Å². The van der Waals surface area contributed by atoms with Gasteiger partial charge in [0.15, 0.2) is 0 Å². The zero-order valence-corrected chi connectivity index (χ0v) is 14.6. The molecule has 0 aromatic rings. The number of fused-ring (bicyclic) bond motifs is 1. The molecule has 0 N–H and O–H groups in total. The molecule has 0 spiro atoms. The van der Waals surface area contributed by atoms with Gasteiger partial charge in [-0.3, -0.25) is 9.59 Å². The van der Waals surface area contributed by atoms with E-state index in [4.69, 9.17) is 9.47 Å². The molecule has 0 radical (unpaired) electrons. The number of allylic oxidation sites excluding steroid dienone is 1. The number of ether oxygens (including phenoxy) is 2. The van der Waals surface area contributed by atoms with Crippen LogP contribution in [0.1, 0.15) is 60.3 Å². The van der Waals surface area contributed by atoms with E-state index in [1.165, 1.54) is 6.92 Å². The van der Waals surface area contributed by atoms with Crippen LogP contribution in [0.5, 0.6) is 0 Å². The van der Waals surface area contributed by atoms with Gasteiger partial charge >= 0.3 is 11.9 Å². The lowest BCUT2D eigenvalue weighted by Crippen LogP contribution is -2.58. The molecule has 0 aromatic carbocycles. The molecule has 0 saturated heterocycles. The van der Waals surface area contributed by atoms with Gasteiger partial charge in [-0.25, -0.2) is 4.79 Å². The van der Waals surface area contributed by atoms with E-state index in [1.807, 2.05) is 0 Å². The molecular weight excluding hydrogens is 296 g/mol. The average Bonchev–Trinajstić information content (AvgIpc) is 2.77. The van der Waals surface area contributed by atoms with Crippen molar-refractivity contribution in [2.75, 3.05) is 0 Å². The van der Waals surface area contributed by atoms with Crippen LogP contribution in [0.3, 0.4) is 0 Å². The zero-order chi connectivity index (χ0) is 17.4. The third-order valence-corrected chi connectivity index (χ3v) is 5.55. The molecule has 2 aliphatic rings. The van der Waals surface area contributed by atoms with E-state index in [-0.39, 0.29) is 17.1 Å². The lowest BCUT2D eigenvalue weighted by atomic mass is 9.61. The maximum atomic E-state index is 12.2. The number of hydrogen-bond donors (Lipinski definition) is 0. The van der Waals surface area contributed by atoms with Gasteiger partial charge in [0.1, 0.15) is 17.5 Å². The topological polar surface area (TPSA) is 69.7 Å². The molecule has 4 atom stereocenters. The molecule has 5 heteroatoms. The van der Waals surface area contributed by atoms with Crippen molar-refractivity contribution < 1.29 is 23.9 Å². The summed E-state index contributed by atoms with van der Waals surface area (Å²) in [5.74, 6) is -0.750. The molecule has 5 nitrogen and oxygen atoms in total. The van der Waals surface area contributed by atoms with Gasteiger partial charge in [-0.1, -0.05) is 13.0 Å². The number of hydrogen-bond acceptors (Lipinski definition) is 5. The highest BCUT2D eigenvalue weighted by molar-refractivity contribution is 5.88. The fourth-order valence-electron chi connectivity index (χ4n) is 4.21. The summed E-state index contributed by atoms with van der Waals surface area (Å²) in [5, 5.41) is 0. The minimum Gasteiger partial charge on any atom is -0.455 e. The lowest BCUT2D eigenvalue weighted by molar-refractivity contribution is -0.210. The Morgan fingerprint density at radius 3 is 2.48 bits per heavy atom. The Balaban J connectivity index is 2.33. The van der Waals surface area contributed by atoms with E-state index in [0.717, 1.165) is 6.42 Å². The summed E-state index contributed by atoms with van der Waals surface area (Å²) >= 11 is 0. The number of esters is 2. The van der Waals surface area contributed by atoms with Gasteiger partial charge in [-0.05, 0) is 39.0 Å². The van der Waals surface area contributed by atoms with E-state index in [0.29, 0.717) is 24.8 Å². The average molecular weight is 322 g/mol. The zero-order valence-electron chi connectivity index (χ0n) is 14.6. The monoisotopic (exact) mass is 322 g/mol. The van der Waals surface area contributed by atoms with Crippen molar-refractivity contribution >= 4 is 17.7 Å². The highest BCUT2D eigenvalue weighted by atomic mass is 16.6. The van der Waals surface area contributed by atoms with Gasteiger partial charge in [0, 0.05) is 31.3 Å². The first-order valence-electron chi connectivity index (χ1n) is 8.17. The molecule has 2 aliphatic carbocycles. The Labute approximate surface area is 137 Å². The predicted octanol–water partition coefficient (Wildman–Crippen LogP) is 2.97. The Hall–Kier alpha value is -1.65. The van der Waals surface area contributed by atoms with Crippen molar-refractivity contribution in [3.63, 3.8) is 0 Å². The second-order valence-corrected chi connectivity index (χ2v) is 7.31. The van der Waals surface area contributed by atoms with Crippen LogP contribution >= 0.6 is 0 Å². The lowest BCUT2D eigenvalue weighted by Gasteiger charge is -2.51. The van der Waals surface area contributed by atoms with Gasteiger partial charge in [0.05, 0.1) is 0 Å². The summed E-state index contributed by atoms with van der Waals surface area (Å²) in [7, 11) is 0. The van der Waals surface area contributed by atoms with Gasteiger partial charge < -0.3 is 9.47 Å². The Morgan fingerprint density at radius 1 is 1.26 bits per heavy atom. The number of carbonyl (C=O) groups excluding carboxylic acids is 3. The molecule has 0 aliphatic heterocycles. The molecule has 0 heterocycles. The van der Waals surface area contributed by atoms with Gasteiger partial charge in [-0.2, -0.15) is 0 Å². The molecule has 2 saturated carbocycles. The van der Waals surface area contributed by atoms with E-state index in [1.54, 1.807) is 26.8 Å². The van der Waals surface area contributed by atoms with Crippen molar-refractivity contribution in [1.29, 1.82) is 0 Å². The second kappa shape index (κ2) is 6.10. The standard InChI is InChI=1S/C18H26O5/c1-6-11(2)16(21)22-15-7-8-17(4)10-13(20)9-14(17)18(15,5)23-12(3)19/h6,14-15H,7-10H2,1-5H3/b11-6-/t14-,15+,17-,18+/m1/s1. The molecule has 2 fully saturated rings. The fraction of sp³-hybridized carbons (Fsp3) is 0.722. The van der Waals surface area contributed by atoms with Crippen LogP contribution in [0.25, 0.3) is 0 Å².